The van der Waals surface area contributed by atoms with Gasteiger partial charge in [0.25, 0.3) is 0 Å². The lowest BCUT2D eigenvalue weighted by Gasteiger charge is -2.06. The standard InChI is InChI=1S/C8H9NS2/c10-11-9-5-7-3-1-2-4-8(7)6-9/h1-4,10H,5-6H2. The van der Waals surface area contributed by atoms with E-state index in [2.05, 4.69) is 40.2 Å². The third-order valence-corrected chi connectivity index (χ3v) is 3.11. The molecule has 0 saturated carbocycles. The molecule has 11 heavy (non-hydrogen) atoms. The van der Waals surface area contributed by atoms with Gasteiger partial charge in [-0.2, -0.15) is 0 Å². The van der Waals surface area contributed by atoms with Crippen LogP contribution in [0.25, 0.3) is 0 Å². The van der Waals surface area contributed by atoms with Gasteiger partial charge in [0.15, 0.2) is 0 Å². The van der Waals surface area contributed by atoms with Crippen LogP contribution < -0.4 is 0 Å². The van der Waals surface area contributed by atoms with Crippen molar-refractivity contribution in [1.82, 2.24) is 4.31 Å². The summed E-state index contributed by atoms with van der Waals surface area (Å²) < 4.78 is 2.23. The van der Waals surface area contributed by atoms with Gasteiger partial charge in [-0.15, -0.1) is 0 Å². The molecule has 1 aliphatic rings. The molecule has 1 heterocycles. The highest BCUT2D eigenvalue weighted by molar-refractivity contribution is 8.67. The Morgan fingerprint density at radius 1 is 1.18 bits per heavy atom. The Labute approximate surface area is 75.7 Å². The predicted molar refractivity (Wildman–Crippen MR) is 52.3 cm³/mol. The molecule has 0 atom stereocenters. The second kappa shape index (κ2) is 3.09. The van der Waals surface area contributed by atoms with Gasteiger partial charge in [0.2, 0.25) is 0 Å². The van der Waals surface area contributed by atoms with Gasteiger partial charge in [-0.05, 0) is 22.1 Å². The van der Waals surface area contributed by atoms with E-state index in [1.54, 1.807) is 0 Å². The summed E-state index contributed by atoms with van der Waals surface area (Å²) in [6, 6.07) is 8.54. The SMILES string of the molecule is SSN1Cc2ccccc2C1. The van der Waals surface area contributed by atoms with Crippen molar-refractivity contribution in [2.24, 2.45) is 0 Å². The van der Waals surface area contributed by atoms with Crippen molar-refractivity contribution in [3.63, 3.8) is 0 Å². The zero-order valence-corrected chi connectivity index (χ0v) is 7.74. The fourth-order valence-electron chi connectivity index (χ4n) is 1.36. The fraction of sp³-hybridized carbons (Fsp3) is 0.250. The van der Waals surface area contributed by atoms with Crippen LogP contribution in [0, 0.1) is 0 Å². The number of benzene rings is 1. The lowest BCUT2D eigenvalue weighted by atomic mass is 10.1. The first-order chi connectivity index (χ1) is 5.40. The van der Waals surface area contributed by atoms with E-state index in [0.717, 1.165) is 13.1 Å². The minimum atomic E-state index is 1.03. The van der Waals surface area contributed by atoms with E-state index >= 15 is 0 Å². The van der Waals surface area contributed by atoms with E-state index in [1.807, 2.05) is 0 Å². The normalized spacial score (nSPS) is 16.8. The quantitative estimate of drug-likeness (QED) is 0.405. The molecule has 1 aromatic rings. The molecule has 58 valence electrons. The molecule has 1 aliphatic heterocycles. The molecule has 2 rings (SSSR count). The largest absolute Gasteiger partial charge is 0.233 e. The summed E-state index contributed by atoms with van der Waals surface area (Å²) in [6.07, 6.45) is 0. The molecule has 0 aliphatic carbocycles. The first-order valence-electron chi connectivity index (χ1n) is 3.53. The van der Waals surface area contributed by atoms with Crippen LogP contribution in [0.2, 0.25) is 0 Å². The topological polar surface area (TPSA) is 3.24 Å². The molecule has 0 spiro atoms. The second-order valence-corrected chi connectivity index (χ2v) is 3.82. The minimum Gasteiger partial charge on any atom is -0.233 e. The van der Waals surface area contributed by atoms with E-state index in [-0.39, 0.29) is 0 Å². The molecule has 1 nitrogen and oxygen atoms in total. The molecule has 3 heteroatoms. The van der Waals surface area contributed by atoms with Gasteiger partial charge in [0, 0.05) is 13.1 Å². The highest BCUT2D eigenvalue weighted by atomic mass is 33.1. The van der Waals surface area contributed by atoms with E-state index in [9.17, 15) is 0 Å². The Morgan fingerprint density at radius 3 is 2.18 bits per heavy atom. The first-order valence-corrected chi connectivity index (χ1v) is 5.36. The lowest BCUT2D eigenvalue weighted by Crippen LogP contribution is -2.02. The molecule has 1 aromatic carbocycles. The van der Waals surface area contributed by atoms with Crippen LogP contribution in [0.15, 0.2) is 24.3 Å². The third-order valence-electron chi connectivity index (χ3n) is 1.93. The third kappa shape index (κ3) is 1.41. The van der Waals surface area contributed by atoms with E-state index in [4.69, 9.17) is 0 Å². The zero-order chi connectivity index (χ0) is 7.68. The van der Waals surface area contributed by atoms with Crippen LogP contribution in [0.4, 0.5) is 0 Å². The van der Waals surface area contributed by atoms with Crippen molar-refractivity contribution in [1.29, 1.82) is 0 Å². The highest BCUT2D eigenvalue weighted by Gasteiger charge is 2.16. The van der Waals surface area contributed by atoms with Gasteiger partial charge in [-0.3, -0.25) is 0 Å². The van der Waals surface area contributed by atoms with Crippen LogP contribution in [0.1, 0.15) is 11.1 Å². The van der Waals surface area contributed by atoms with Crippen molar-refractivity contribution in [3.05, 3.63) is 35.4 Å². The summed E-state index contributed by atoms with van der Waals surface area (Å²) in [6.45, 7) is 2.06. The van der Waals surface area contributed by atoms with Crippen molar-refractivity contribution in [2.75, 3.05) is 0 Å². The summed E-state index contributed by atoms with van der Waals surface area (Å²) in [7, 11) is 1.52. The summed E-state index contributed by atoms with van der Waals surface area (Å²) in [4.78, 5) is 0. The average Bonchev–Trinajstić information content (AvgIpc) is 2.46. The number of hydrogen-bond donors (Lipinski definition) is 1. The highest BCUT2D eigenvalue weighted by Crippen LogP contribution is 2.29. The van der Waals surface area contributed by atoms with Gasteiger partial charge in [0.1, 0.15) is 0 Å². The predicted octanol–water partition coefficient (Wildman–Crippen LogP) is 2.50. The van der Waals surface area contributed by atoms with E-state index < -0.39 is 0 Å². The Balaban J connectivity index is 2.27. The van der Waals surface area contributed by atoms with Gasteiger partial charge >= 0.3 is 0 Å². The number of thiol groups is 1. The molecule has 0 fully saturated rings. The van der Waals surface area contributed by atoms with Crippen molar-refractivity contribution in [2.45, 2.75) is 13.1 Å². The molecule has 0 radical (unpaired) electrons. The molecule has 0 unspecified atom stereocenters. The molecular formula is C8H9NS2. The second-order valence-electron chi connectivity index (χ2n) is 2.65. The van der Waals surface area contributed by atoms with Crippen molar-refractivity contribution < 1.29 is 0 Å². The number of nitrogens with zero attached hydrogens (tertiary/aromatic N) is 1. The van der Waals surface area contributed by atoms with Crippen LogP contribution in [-0.2, 0) is 13.1 Å². The number of hydrogen-bond acceptors (Lipinski definition) is 3. The summed E-state index contributed by atoms with van der Waals surface area (Å²) >= 11 is 4.16. The molecule has 0 bridgehead atoms. The minimum absolute atomic E-state index is 1.03. The Morgan fingerprint density at radius 2 is 1.73 bits per heavy atom. The van der Waals surface area contributed by atoms with Gasteiger partial charge in [-0.1, -0.05) is 35.9 Å². The molecular weight excluding hydrogens is 174 g/mol. The lowest BCUT2D eigenvalue weighted by molar-refractivity contribution is 0.514. The maximum Gasteiger partial charge on any atom is 0.0355 e. The van der Waals surface area contributed by atoms with Crippen LogP contribution in [0.5, 0.6) is 0 Å². The van der Waals surface area contributed by atoms with Gasteiger partial charge < -0.3 is 0 Å². The van der Waals surface area contributed by atoms with E-state index in [1.165, 1.54) is 22.1 Å². The molecule has 0 aromatic heterocycles. The Hall–Kier alpha value is -0.120. The van der Waals surface area contributed by atoms with E-state index in [0.29, 0.717) is 0 Å². The molecule has 0 saturated heterocycles. The molecule has 0 amide bonds. The number of fused-ring (bicyclic) bond motifs is 1. The first kappa shape index (κ1) is 7.53. The number of rotatable bonds is 1. The Bertz CT molecular complexity index is 237. The monoisotopic (exact) mass is 183 g/mol. The summed E-state index contributed by atoms with van der Waals surface area (Å²) in [5, 5.41) is 0. The van der Waals surface area contributed by atoms with Crippen LogP contribution in [-0.4, -0.2) is 4.31 Å². The van der Waals surface area contributed by atoms with Crippen molar-refractivity contribution in [3.8, 4) is 0 Å². The summed E-state index contributed by atoms with van der Waals surface area (Å²) in [5.41, 5.74) is 2.88. The zero-order valence-electron chi connectivity index (χ0n) is 6.03. The smallest absolute Gasteiger partial charge is 0.0355 e. The van der Waals surface area contributed by atoms with Crippen molar-refractivity contribution >= 4 is 22.6 Å². The summed E-state index contributed by atoms with van der Waals surface area (Å²) in [5.74, 6) is 0. The maximum absolute atomic E-state index is 4.16. The van der Waals surface area contributed by atoms with Crippen LogP contribution >= 0.6 is 22.6 Å². The molecule has 0 N–H and O–H groups in total. The average molecular weight is 183 g/mol. The van der Waals surface area contributed by atoms with Gasteiger partial charge in [0.05, 0.1) is 0 Å². The Kier molecular flexibility index (Phi) is 2.11. The maximum atomic E-state index is 4.16. The van der Waals surface area contributed by atoms with Gasteiger partial charge in [-0.25, -0.2) is 4.31 Å². The van der Waals surface area contributed by atoms with Crippen LogP contribution in [0.3, 0.4) is 0 Å². The fourth-order valence-corrected chi connectivity index (χ4v) is 2.10.